The summed E-state index contributed by atoms with van der Waals surface area (Å²) in [5, 5.41) is 6.65. The lowest BCUT2D eigenvalue weighted by atomic mass is 10.1. The first-order chi connectivity index (χ1) is 16.1. The molecule has 1 aliphatic heterocycles. The maximum Gasteiger partial charge on any atom is 0.222 e. The van der Waals surface area contributed by atoms with E-state index in [-0.39, 0.29) is 5.95 Å². The van der Waals surface area contributed by atoms with E-state index in [2.05, 4.69) is 55.6 Å². The highest BCUT2D eigenvalue weighted by atomic mass is 16.5. The zero-order valence-electron chi connectivity index (χ0n) is 20.5. The number of benzene rings is 1. The van der Waals surface area contributed by atoms with Crippen LogP contribution < -0.4 is 31.7 Å². The Bertz CT molecular complexity index is 879. The molecule has 0 aliphatic carbocycles. The molecule has 0 radical (unpaired) electrons. The Kier molecular flexibility index (Phi) is 11.2. The van der Waals surface area contributed by atoms with E-state index in [1.165, 1.54) is 5.69 Å². The van der Waals surface area contributed by atoms with Crippen LogP contribution in [0.1, 0.15) is 51.3 Å². The number of rotatable bonds is 9. The third kappa shape index (κ3) is 7.78. The van der Waals surface area contributed by atoms with Crippen LogP contribution in [-0.2, 0) is 6.54 Å². The summed E-state index contributed by atoms with van der Waals surface area (Å²) in [6, 6.07) is 6.29. The molecule has 9 nitrogen and oxygen atoms in total. The summed E-state index contributed by atoms with van der Waals surface area (Å²) in [5.74, 6) is 1.55. The fourth-order valence-corrected chi connectivity index (χ4v) is 3.52. The molecule has 1 aromatic heterocycles. The van der Waals surface area contributed by atoms with E-state index in [1.54, 1.807) is 13.3 Å². The first-order valence-electron chi connectivity index (χ1n) is 11.9. The third-order valence-corrected chi connectivity index (χ3v) is 5.27. The van der Waals surface area contributed by atoms with Crippen LogP contribution in [0.15, 0.2) is 23.2 Å². The molecule has 0 atom stereocenters. The van der Waals surface area contributed by atoms with Gasteiger partial charge in [0.25, 0.3) is 0 Å². The molecule has 0 unspecified atom stereocenters. The van der Waals surface area contributed by atoms with E-state index in [0.717, 1.165) is 63.3 Å². The maximum absolute atomic E-state index is 6.22. The normalized spacial score (nSPS) is 13.9. The van der Waals surface area contributed by atoms with Gasteiger partial charge in [0.05, 0.1) is 13.7 Å². The van der Waals surface area contributed by atoms with Crippen LogP contribution in [0.5, 0.6) is 5.75 Å². The number of unbranched alkanes of at least 4 members (excludes halogenated alkanes) is 1. The maximum atomic E-state index is 6.22. The molecule has 1 aliphatic rings. The van der Waals surface area contributed by atoms with Crippen molar-refractivity contribution in [2.75, 3.05) is 61.5 Å². The Balaban J connectivity index is 0.00000187. The van der Waals surface area contributed by atoms with E-state index in [1.807, 2.05) is 13.8 Å². The molecule has 9 heteroatoms. The van der Waals surface area contributed by atoms with E-state index >= 15 is 0 Å². The van der Waals surface area contributed by atoms with Crippen LogP contribution in [0.3, 0.4) is 0 Å². The molecule has 1 aromatic carbocycles. The van der Waals surface area contributed by atoms with Crippen molar-refractivity contribution in [3.05, 3.63) is 29.5 Å². The fraction of sp³-hybridized carbons (Fsp3) is 0.542. The van der Waals surface area contributed by atoms with Crippen molar-refractivity contribution >= 4 is 29.4 Å². The lowest BCUT2D eigenvalue weighted by Crippen LogP contribution is -2.27. The van der Waals surface area contributed by atoms with Crippen molar-refractivity contribution in [1.82, 2.24) is 15.3 Å². The Hall–Kier alpha value is -3.07. The van der Waals surface area contributed by atoms with Gasteiger partial charge >= 0.3 is 0 Å². The molecule has 33 heavy (non-hydrogen) atoms. The highest BCUT2D eigenvalue weighted by Crippen LogP contribution is 2.27. The van der Waals surface area contributed by atoms with Crippen LogP contribution in [0, 0.1) is 0 Å². The van der Waals surface area contributed by atoms with Crippen molar-refractivity contribution in [2.24, 2.45) is 4.99 Å². The summed E-state index contributed by atoms with van der Waals surface area (Å²) in [5.41, 5.74) is 15.2. The topological polar surface area (TPSA) is 127 Å². The third-order valence-electron chi connectivity index (χ3n) is 5.27. The second-order valence-corrected chi connectivity index (χ2v) is 7.57. The molecule has 0 amide bonds. The Labute approximate surface area is 198 Å². The quantitative estimate of drug-likeness (QED) is 0.334. The first-order valence-corrected chi connectivity index (χ1v) is 11.9. The number of nitrogens with zero attached hydrogens (tertiary/aromatic N) is 4. The summed E-state index contributed by atoms with van der Waals surface area (Å²) in [7, 11) is 1.69. The Morgan fingerprint density at radius 1 is 1.21 bits per heavy atom. The van der Waals surface area contributed by atoms with Crippen LogP contribution >= 0.6 is 0 Å². The average molecular weight is 457 g/mol. The molecule has 0 bridgehead atoms. The number of aromatic nitrogens is 2. The largest absolute Gasteiger partial charge is 0.496 e. The number of hydrogen-bond donors (Lipinski definition) is 4. The number of aliphatic imine (C=N–C) groups is 1. The van der Waals surface area contributed by atoms with Gasteiger partial charge in [0.15, 0.2) is 5.82 Å². The molecule has 6 N–H and O–H groups in total. The molecular weight excluding hydrogens is 416 g/mol. The van der Waals surface area contributed by atoms with Gasteiger partial charge in [-0.2, -0.15) is 4.98 Å². The van der Waals surface area contributed by atoms with Gasteiger partial charge in [-0.3, -0.25) is 4.99 Å². The van der Waals surface area contributed by atoms with Crippen LogP contribution in [0.4, 0.5) is 23.1 Å². The molecule has 2 heterocycles. The highest BCUT2D eigenvalue weighted by molar-refractivity contribution is 5.88. The van der Waals surface area contributed by atoms with E-state index < -0.39 is 0 Å². The second kappa shape index (κ2) is 14.2. The van der Waals surface area contributed by atoms with Crippen LogP contribution in [0.2, 0.25) is 0 Å². The molecule has 1 saturated heterocycles. The van der Waals surface area contributed by atoms with E-state index in [4.69, 9.17) is 16.2 Å². The second-order valence-electron chi connectivity index (χ2n) is 7.57. The Morgan fingerprint density at radius 3 is 2.79 bits per heavy atom. The van der Waals surface area contributed by atoms with Crippen molar-refractivity contribution in [2.45, 2.75) is 46.6 Å². The van der Waals surface area contributed by atoms with Gasteiger partial charge in [-0.25, -0.2) is 4.98 Å². The minimum Gasteiger partial charge on any atom is -0.496 e. The van der Waals surface area contributed by atoms with Crippen molar-refractivity contribution in [3.8, 4) is 5.75 Å². The van der Waals surface area contributed by atoms with Crippen LogP contribution in [-0.4, -0.2) is 56.0 Å². The fourth-order valence-electron chi connectivity index (χ4n) is 3.52. The number of nitrogens with two attached hydrogens (primary N) is 2. The zero-order chi connectivity index (χ0) is 24.1. The molecule has 0 spiro atoms. The predicted octanol–water partition coefficient (Wildman–Crippen LogP) is 3.31. The number of methoxy groups -OCH3 is 1. The molecular formula is C24H40N8O. The van der Waals surface area contributed by atoms with Crippen molar-refractivity contribution < 1.29 is 4.74 Å². The van der Waals surface area contributed by atoms with Crippen LogP contribution in [0.25, 0.3) is 0 Å². The monoisotopic (exact) mass is 456 g/mol. The molecule has 0 saturated carbocycles. The highest BCUT2D eigenvalue weighted by Gasteiger charge is 2.13. The van der Waals surface area contributed by atoms with E-state index in [0.29, 0.717) is 23.7 Å². The van der Waals surface area contributed by atoms with Gasteiger partial charge < -0.3 is 31.7 Å². The SMILES string of the molecule is CC.CCCCNc1nc(N)nc(C=NCc2ccc(N3CCCNCC3)cc2OC)c1N. The standard InChI is InChI=1S/C22H34N8O.C2H6/c1-3-4-9-27-21-20(23)18(28-22(24)29-21)15-26-14-16-6-7-17(13-19(16)31-2)30-11-5-8-25-10-12-30;1-2/h6-7,13,15,25H,3-5,8-12,14,23H2,1-2H3,(H3,24,27,28,29);1-2H3. The average Bonchev–Trinajstić information content (AvgIpc) is 3.13. The van der Waals surface area contributed by atoms with Gasteiger partial charge in [0.2, 0.25) is 5.95 Å². The van der Waals surface area contributed by atoms with Gasteiger partial charge in [0, 0.05) is 49.7 Å². The lowest BCUT2D eigenvalue weighted by Gasteiger charge is -2.23. The molecule has 3 rings (SSSR count). The van der Waals surface area contributed by atoms with Gasteiger partial charge in [0.1, 0.15) is 17.1 Å². The summed E-state index contributed by atoms with van der Waals surface area (Å²) in [6.07, 6.45) is 4.88. The summed E-state index contributed by atoms with van der Waals surface area (Å²) in [4.78, 5) is 15.3. The minimum absolute atomic E-state index is 0.170. The summed E-state index contributed by atoms with van der Waals surface area (Å²) in [6.45, 7) is 11.4. The number of ether oxygens (including phenoxy) is 1. The first kappa shape index (κ1) is 26.2. The molecule has 182 valence electrons. The van der Waals surface area contributed by atoms with E-state index in [9.17, 15) is 0 Å². The molecule has 1 fully saturated rings. The van der Waals surface area contributed by atoms with Crippen molar-refractivity contribution in [3.63, 3.8) is 0 Å². The minimum atomic E-state index is 0.170. The number of anilines is 4. The Morgan fingerprint density at radius 2 is 2.03 bits per heavy atom. The summed E-state index contributed by atoms with van der Waals surface area (Å²) < 4.78 is 5.63. The van der Waals surface area contributed by atoms with Gasteiger partial charge in [-0.05, 0) is 25.5 Å². The summed E-state index contributed by atoms with van der Waals surface area (Å²) >= 11 is 0. The number of nitrogens with one attached hydrogen (secondary N) is 2. The molecule has 2 aromatic rings. The van der Waals surface area contributed by atoms with Crippen molar-refractivity contribution in [1.29, 1.82) is 0 Å². The van der Waals surface area contributed by atoms with Gasteiger partial charge in [-0.15, -0.1) is 0 Å². The smallest absolute Gasteiger partial charge is 0.222 e. The lowest BCUT2D eigenvalue weighted by molar-refractivity contribution is 0.410. The van der Waals surface area contributed by atoms with Gasteiger partial charge in [-0.1, -0.05) is 33.3 Å². The predicted molar refractivity (Wildman–Crippen MR) is 140 cm³/mol. The zero-order valence-corrected chi connectivity index (χ0v) is 20.5. The number of hydrogen-bond acceptors (Lipinski definition) is 9. The number of nitrogen functional groups attached to an aromatic ring is 2.